The second-order valence-electron chi connectivity index (χ2n) is 7.04. The van der Waals surface area contributed by atoms with Crippen molar-refractivity contribution in [1.82, 2.24) is 4.90 Å². The molecule has 0 bridgehead atoms. The highest BCUT2D eigenvalue weighted by atomic mass is 35.5. The van der Waals surface area contributed by atoms with Gasteiger partial charge in [0.2, 0.25) is 0 Å². The summed E-state index contributed by atoms with van der Waals surface area (Å²) in [5.74, 6) is 0.894. The maximum Gasteiger partial charge on any atom is 0.260 e. The number of benzene rings is 2. The summed E-state index contributed by atoms with van der Waals surface area (Å²) in [5.41, 5.74) is 1.93. The molecule has 0 radical (unpaired) electrons. The van der Waals surface area contributed by atoms with Crippen molar-refractivity contribution in [2.24, 2.45) is 5.92 Å². The van der Waals surface area contributed by atoms with Crippen molar-refractivity contribution in [2.45, 2.75) is 26.8 Å². The summed E-state index contributed by atoms with van der Waals surface area (Å²) in [7, 11) is 0. The summed E-state index contributed by atoms with van der Waals surface area (Å²) < 4.78 is 5.64. The molecule has 0 aromatic heterocycles. The van der Waals surface area contributed by atoms with Crippen LogP contribution in [-0.2, 0) is 11.3 Å². The minimum Gasteiger partial charge on any atom is -0.483 e. The lowest BCUT2D eigenvalue weighted by molar-refractivity contribution is -0.133. The van der Waals surface area contributed by atoms with E-state index in [1.54, 1.807) is 36.4 Å². The van der Waals surface area contributed by atoms with Crippen LogP contribution in [0.2, 0.25) is 5.02 Å². The molecule has 0 fully saturated rings. The van der Waals surface area contributed by atoms with Crippen LogP contribution >= 0.6 is 11.6 Å². The van der Waals surface area contributed by atoms with Crippen LogP contribution < -0.4 is 10.1 Å². The van der Waals surface area contributed by atoms with Crippen molar-refractivity contribution in [2.75, 3.05) is 18.5 Å². The lowest BCUT2D eigenvalue weighted by Gasteiger charge is -2.21. The summed E-state index contributed by atoms with van der Waals surface area (Å²) >= 11 is 6.09. The smallest absolute Gasteiger partial charge is 0.260 e. The van der Waals surface area contributed by atoms with Crippen LogP contribution in [0.25, 0.3) is 0 Å². The Bertz CT molecular complexity index is 851. The Kier molecular flexibility index (Phi) is 6.01. The largest absolute Gasteiger partial charge is 0.483 e. The van der Waals surface area contributed by atoms with Crippen LogP contribution in [0.15, 0.2) is 42.5 Å². The number of hydrogen-bond acceptors (Lipinski definition) is 3. The van der Waals surface area contributed by atoms with E-state index in [-0.39, 0.29) is 18.4 Å². The SMILES string of the molecule is CC(C)CCN1Cc2cc(NC(=O)c3ccccc3Cl)ccc2OCC1=O. The molecule has 5 nitrogen and oxygen atoms in total. The first-order valence-electron chi connectivity index (χ1n) is 9.03. The Morgan fingerprint density at radius 2 is 2.04 bits per heavy atom. The molecule has 3 rings (SSSR count). The molecule has 2 aromatic carbocycles. The number of halogens is 1. The van der Waals surface area contributed by atoms with Crippen molar-refractivity contribution in [1.29, 1.82) is 0 Å². The van der Waals surface area contributed by atoms with E-state index >= 15 is 0 Å². The van der Waals surface area contributed by atoms with Gasteiger partial charge in [-0.2, -0.15) is 0 Å². The predicted molar refractivity (Wildman–Crippen MR) is 106 cm³/mol. The number of rotatable bonds is 5. The number of ether oxygens (including phenoxy) is 1. The third-order valence-electron chi connectivity index (χ3n) is 4.48. The number of fused-ring (bicyclic) bond motifs is 1. The molecule has 2 aromatic rings. The molecule has 142 valence electrons. The van der Waals surface area contributed by atoms with E-state index in [2.05, 4.69) is 19.2 Å². The molecule has 0 saturated carbocycles. The summed E-state index contributed by atoms with van der Waals surface area (Å²) in [5, 5.41) is 3.26. The predicted octanol–water partition coefficient (Wildman–Crippen LogP) is 4.36. The van der Waals surface area contributed by atoms with Gasteiger partial charge in [-0.15, -0.1) is 0 Å². The van der Waals surface area contributed by atoms with Gasteiger partial charge in [0.05, 0.1) is 10.6 Å². The van der Waals surface area contributed by atoms with E-state index in [0.29, 0.717) is 41.0 Å². The fourth-order valence-electron chi connectivity index (χ4n) is 2.91. The Morgan fingerprint density at radius 1 is 1.26 bits per heavy atom. The Morgan fingerprint density at radius 3 is 2.78 bits per heavy atom. The van der Waals surface area contributed by atoms with Gasteiger partial charge in [-0.3, -0.25) is 9.59 Å². The molecule has 1 heterocycles. The molecule has 6 heteroatoms. The molecular weight excluding hydrogens is 364 g/mol. The van der Waals surface area contributed by atoms with E-state index in [9.17, 15) is 9.59 Å². The Hall–Kier alpha value is -2.53. The summed E-state index contributed by atoms with van der Waals surface area (Å²) in [4.78, 5) is 26.6. The van der Waals surface area contributed by atoms with E-state index in [1.807, 2.05) is 11.0 Å². The third kappa shape index (κ3) is 4.80. The Balaban J connectivity index is 1.77. The molecule has 0 unspecified atom stereocenters. The molecular formula is C21H23ClN2O3. The molecule has 2 amide bonds. The maximum absolute atomic E-state index is 12.5. The molecule has 1 aliphatic rings. The van der Waals surface area contributed by atoms with E-state index < -0.39 is 0 Å². The molecule has 1 N–H and O–H groups in total. The van der Waals surface area contributed by atoms with Gasteiger partial charge < -0.3 is 15.0 Å². The topological polar surface area (TPSA) is 58.6 Å². The van der Waals surface area contributed by atoms with Gasteiger partial charge in [0.1, 0.15) is 5.75 Å². The molecule has 0 saturated heterocycles. The molecule has 0 aliphatic carbocycles. The van der Waals surface area contributed by atoms with E-state index in [4.69, 9.17) is 16.3 Å². The van der Waals surface area contributed by atoms with Crippen LogP contribution in [0.3, 0.4) is 0 Å². The quantitative estimate of drug-likeness (QED) is 0.830. The minimum absolute atomic E-state index is 0.0199. The van der Waals surface area contributed by atoms with Gasteiger partial charge in [0.15, 0.2) is 6.61 Å². The zero-order chi connectivity index (χ0) is 19.4. The molecule has 27 heavy (non-hydrogen) atoms. The van der Waals surface area contributed by atoms with E-state index in [0.717, 1.165) is 12.0 Å². The average molecular weight is 387 g/mol. The first kappa shape index (κ1) is 19.2. The van der Waals surface area contributed by atoms with Gasteiger partial charge in [-0.1, -0.05) is 37.6 Å². The van der Waals surface area contributed by atoms with E-state index in [1.165, 1.54) is 0 Å². The standard InChI is InChI=1S/C21H23ClN2O3/c1-14(2)9-10-24-12-15-11-16(7-8-19(15)27-13-20(24)25)23-21(26)17-5-3-4-6-18(17)22/h3-8,11,14H,9-10,12-13H2,1-2H3,(H,23,26). The van der Waals surface area contributed by atoms with Gasteiger partial charge in [-0.05, 0) is 42.7 Å². The highest BCUT2D eigenvalue weighted by molar-refractivity contribution is 6.34. The van der Waals surface area contributed by atoms with Crippen LogP contribution in [0.5, 0.6) is 5.75 Å². The summed E-state index contributed by atoms with van der Waals surface area (Å²) in [6.45, 7) is 5.47. The average Bonchev–Trinajstić information content (AvgIpc) is 2.79. The number of nitrogens with one attached hydrogen (secondary N) is 1. The Labute approximate surface area is 164 Å². The fraction of sp³-hybridized carbons (Fsp3) is 0.333. The third-order valence-corrected chi connectivity index (χ3v) is 4.81. The van der Waals surface area contributed by atoms with Crippen molar-refractivity contribution < 1.29 is 14.3 Å². The first-order valence-corrected chi connectivity index (χ1v) is 9.41. The number of amides is 2. The number of carbonyl (C=O) groups excluding carboxylic acids is 2. The minimum atomic E-state index is -0.275. The number of nitrogens with zero attached hydrogens (tertiary/aromatic N) is 1. The number of hydrogen-bond donors (Lipinski definition) is 1. The lowest BCUT2D eigenvalue weighted by Crippen LogP contribution is -2.33. The molecule has 1 aliphatic heterocycles. The van der Waals surface area contributed by atoms with Crippen molar-refractivity contribution >= 4 is 29.1 Å². The van der Waals surface area contributed by atoms with Crippen LogP contribution in [0, 0.1) is 5.92 Å². The summed E-state index contributed by atoms with van der Waals surface area (Å²) in [6.07, 6.45) is 0.935. The fourth-order valence-corrected chi connectivity index (χ4v) is 3.13. The van der Waals surface area contributed by atoms with Crippen molar-refractivity contribution in [3.05, 3.63) is 58.6 Å². The van der Waals surface area contributed by atoms with Crippen LogP contribution in [0.1, 0.15) is 36.2 Å². The van der Waals surface area contributed by atoms with Gasteiger partial charge >= 0.3 is 0 Å². The second kappa shape index (κ2) is 8.44. The normalized spacial score (nSPS) is 13.8. The number of carbonyl (C=O) groups is 2. The van der Waals surface area contributed by atoms with Gasteiger partial charge in [0, 0.05) is 24.3 Å². The van der Waals surface area contributed by atoms with Gasteiger partial charge in [0.25, 0.3) is 11.8 Å². The first-order chi connectivity index (χ1) is 12.9. The molecule has 0 spiro atoms. The molecule has 0 atom stereocenters. The van der Waals surface area contributed by atoms with Crippen molar-refractivity contribution in [3.8, 4) is 5.75 Å². The lowest BCUT2D eigenvalue weighted by atomic mass is 10.1. The van der Waals surface area contributed by atoms with Gasteiger partial charge in [-0.25, -0.2) is 0 Å². The second-order valence-corrected chi connectivity index (χ2v) is 7.45. The highest BCUT2D eigenvalue weighted by Crippen LogP contribution is 2.28. The van der Waals surface area contributed by atoms with Crippen LogP contribution in [-0.4, -0.2) is 29.9 Å². The van der Waals surface area contributed by atoms with Crippen molar-refractivity contribution in [3.63, 3.8) is 0 Å². The number of anilines is 1. The maximum atomic E-state index is 12.5. The monoisotopic (exact) mass is 386 g/mol. The zero-order valence-electron chi connectivity index (χ0n) is 15.5. The van der Waals surface area contributed by atoms with Crippen LogP contribution in [0.4, 0.5) is 5.69 Å². The highest BCUT2D eigenvalue weighted by Gasteiger charge is 2.22. The summed E-state index contributed by atoms with van der Waals surface area (Å²) in [6, 6.07) is 12.3. The zero-order valence-corrected chi connectivity index (χ0v) is 16.3.